The minimum atomic E-state index is 0.0129. The molecule has 1 atom stereocenters. The molecule has 0 aliphatic carbocycles. The van der Waals surface area contributed by atoms with E-state index in [1.165, 1.54) is 14.9 Å². The molecular formula is C15H17Br2NS. The Hall–Kier alpha value is -0.160. The molecule has 0 aliphatic rings. The molecule has 0 saturated carbocycles. The van der Waals surface area contributed by atoms with Gasteiger partial charge in [0.2, 0.25) is 0 Å². The van der Waals surface area contributed by atoms with Crippen LogP contribution in [0, 0.1) is 0 Å². The van der Waals surface area contributed by atoms with E-state index in [9.17, 15) is 0 Å². The van der Waals surface area contributed by atoms with E-state index in [4.69, 9.17) is 0 Å². The first kappa shape index (κ1) is 15.2. The normalized spacial score (nSPS) is 13.5. The smallest absolute Gasteiger partial charge is 0.0758 e. The van der Waals surface area contributed by atoms with E-state index in [1.807, 2.05) is 7.05 Å². The van der Waals surface area contributed by atoms with E-state index in [1.54, 1.807) is 11.3 Å². The van der Waals surface area contributed by atoms with Gasteiger partial charge in [0, 0.05) is 11.5 Å². The molecule has 1 unspecified atom stereocenters. The number of likely N-dealkylation sites (N-methyl/N-ethyl adjacent to an activating group) is 1. The zero-order valence-electron chi connectivity index (χ0n) is 11.2. The van der Waals surface area contributed by atoms with Crippen LogP contribution in [0.15, 0.2) is 44.0 Å². The van der Waals surface area contributed by atoms with E-state index in [0.717, 1.165) is 3.79 Å². The topological polar surface area (TPSA) is 12.0 Å². The molecule has 0 bridgehead atoms. The molecule has 0 amide bonds. The average molecular weight is 403 g/mol. The summed E-state index contributed by atoms with van der Waals surface area (Å²) in [6, 6.07) is 13.1. The van der Waals surface area contributed by atoms with E-state index >= 15 is 0 Å². The third kappa shape index (κ3) is 3.13. The van der Waals surface area contributed by atoms with E-state index in [-0.39, 0.29) is 11.5 Å². The van der Waals surface area contributed by atoms with Crippen LogP contribution in [-0.4, -0.2) is 7.05 Å². The Kier molecular flexibility index (Phi) is 4.88. The van der Waals surface area contributed by atoms with Crippen LogP contribution in [0.3, 0.4) is 0 Å². The molecule has 0 spiro atoms. The third-order valence-electron chi connectivity index (χ3n) is 3.52. The lowest BCUT2D eigenvalue weighted by Gasteiger charge is -2.35. The fraction of sp³-hybridized carbons (Fsp3) is 0.333. The van der Waals surface area contributed by atoms with Crippen molar-refractivity contribution in [3.05, 3.63) is 55.1 Å². The Balaban J connectivity index is 2.44. The Morgan fingerprint density at radius 2 is 1.79 bits per heavy atom. The zero-order chi connectivity index (χ0) is 14.0. The Morgan fingerprint density at radius 1 is 1.16 bits per heavy atom. The van der Waals surface area contributed by atoms with Gasteiger partial charge in [-0.3, -0.25) is 0 Å². The van der Waals surface area contributed by atoms with Crippen molar-refractivity contribution < 1.29 is 0 Å². The number of hydrogen-bond donors (Lipinski definition) is 1. The van der Waals surface area contributed by atoms with Crippen LogP contribution in [-0.2, 0) is 5.41 Å². The van der Waals surface area contributed by atoms with Gasteiger partial charge in [-0.05, 0) is 56.1 Å². The summed E-state index contributed by atoms with van der Waals surface area (Å²) in [7, 11) is 2.02. The fourth-order valence-electron chi connectivity index (χ4n) is 2.49. The first-order chi connectivity index (χ1) is 8.96. The highest BCUT2D eigenvalue weighted by Gasteiger charge is 2.33. The summed E-state index contributed by atoms with van der Waals surface area (Å²) in [4.78, 5) is 0. The van der Waals surface area contributed by atoms with Crippen LogP contribution >= 0.6 is 43.2 Å². The lowest BCUT2D eigenvalue weighted by molar-refractivity contribution is 0.368. The predicted molar refractivity (Wildman–Crippen MR) is 91.0 cm³/mol. The summed E-state index contributed by atoms with van der Waals surface area (Å²) in [5.74, 6) is 0. The van der Waals surface area contributed by atoms with E-state index in [2.05, 4.69) is 87.4 Å². The maximum atomic E-state index is 3.67. The first-order valence-corrected chi connectivity index (χ1v) is 8.54. The van der Waals surface area contributed by atoms with Gasteiger partial charge in [-0.15, -0.1) is 11.3 Å². The molecule has 1 aromatic heterocycles. The standard InChI is InChI=1S/C15H17Br2NS/c1-15(2,10-7-5-4-6-8-10)13(18-3)11-9-12(16)19-14(11)17/h4-9,13,18H,1-3H3. The molecule has 0 radical (unpaired) electrons. The molecule has 0 fully saturated rings. The van der Waals surface area contributed by atoms with Crippen LogP contribution in [0.5, 0.6) is 0 Å². The maximum Gasteiger partial charge on any atom is 0.0758 e. The van der Waals surface area contributed by atoms with Crippen LogP contribution in [0.25, 0.3) is 0 Å². The van der Waals surface area contributed by atoms with Crippen LogP contribution < -0.4 is 5.32 Å². The fourth-order valence-corrected chi connectivity index (χ4v) is 5.39. The van der Waals surface area contributed by atoms with Crippen molar-refractivity contribution in [2.75, 3.05) is 7.05 Å². The lowest BCUT2D eigenvalue weighted by Crippen LogP contribution is -2.35. The number of thiophene rings is 1. The molecule has 19 heavy (non-hydrogen) atoms. The second-order valence-corrected chi connectivity index (χ2v) is 8.84. The summed E-state index contributed by atoms with van der Waals surface area (Å²) < 4.78 is 2.33. The molecule has 2 aromatic rings. The van der Waals surface area contributed by atoms with Crippen molar-refractivity contribution in [1.29, 1.82) is 0 Å². The van der Waals surface area contributed by atoms with Gasteiger partial charge in [0.25, 0.3) is 0 Å². The summed E-state index contributed by atoms with van der Waals surface area (Å²) in [6.07, 6.45) is 0. The molecule has 1 heterocycles. The number of hydrogen-bond acceptors (Lipinski definition) is 2. The molecule has 0 aliphatic heterocycles. The lowest BCUT2D eigenvalue weighted by atomic mass is 9.75. The number of benzene rings is 1. The Labute approximate surface area is 135 Å². The Bertz CT molecular complexity index is 549. The largest absolute Gasteiger partial charge is 0.312 e. The van der Waals surface area contributed by atoms with Gasteiger partial charge in [-0.25, -0.2) is 0 Å². The SMILES string of the molecule is CNC(c1cc(Br)sc1Br)C(C)(C)c1ccccc1. The number of halogens is 2. The summed E-state index contributed by atoms with van der Waals surface area (Å²) in [6.45, 7) is 4.56. The van der Waals surface area contributed by atoms with Gasteiger partial charge in [0.05, 0.1) is 7.57 Å². The van der Waals surface area contributed by atoms with Crippen LogP contribution in [0.2, 0.25) is 0 Å². The highest BCUT2D eigenvalue weighted by Crippen LogP contribution is 2.43. The minimum absolute atomic E-state index is 0.0129. The van der Waals surface area contributed by atoms with Crippen molar-refractivity contribution in [3.63, 3.8) is 0 Å². The van der Waals surface area contributed by atoms with Gasteiger partial charge >= 0.3 is 0 Å². The van der Waals surface area contributed by atoms with Crippen molar-refractivity contribution in [2.45, 2.75) is 25.3 Å². The molecule has 2 rings (SSSR count). The molecule has 1 aromatic carbocycles. The molecule has 4 heteroatoms. The second-order valence-electron chi connectivity index (χ2n) is 5.09. The van der Waals surface area contributed by atoms with Gasteiger partial charge < -0.3 is 5.32 Å². The first-order valence-electron chi connectivity index (χ1n) is 6.14. The highest BCUT2D eigenvalue weighted by molar-refractivity contribution is 9.12. The molecule has 1 N–H and O–H groups in total. The van der Waals surface area contributed by atoms with Crippen molar-refractivity contribution in [1.82, 2.24) is 5.32 Å². The molecule has 1 nitrogen and oxygen atoms in total. The summed E-state index contributed by atoms with van der Waals surface area (Å²) in [5, 5.41) is 3.47. The number of rotatable bonds is 4. The average Bonchev–Trinajstić information content (AvgIpc) is 2.70. The van der Waals surface area contributed by atoms with Gasteiger partial charge in [0.1, 0.15) is 0 Å². The molecular weight excluding hydrogens is 386 g/mol. The van der Waals surface area contributed by atoms with Crippen molar-refractivity contribution >= 4 is 43.2 Å². The van der Waals surface area contributed by atoms with Crippen molar-refractivity contribution in [3.8, 4) is 0 Å². The predicted octanol–water partition coefficient (Wildman–Crippen LogP) is 5.51. The number of nitrogens with one attached hydrogen (secondary N) is 1. The highest BCUT2D eigenvalue weighted by atomic mass is 79.9. The van der Waals surface area contributed by atoms with Crippen LogP contribution in [0.1, 0.15) is 31.0 Å². The van der Waals surface area contributed by atoms with Gasteiger partial charge in [-0.1, -0.05) is 44.2 Å². The monoisotopic (exact) mass is 401 g/mol. The minimum Gasteiger partial charge on any atom is -0.312 e. The Morgan fingerprint density at radius 3 is 2.26 bits per heavy atom. The molecule has 0 saturated heterocycles. The summed E-state index contributed by atoms with van der Waals surface area (Å²) >= 11 is 8.95. The summed E-state index contributed by atoms with van der Waals surface area (Å²) in [5.41, 5.74) is 2.65. The van der Waals surface area contributed by atoms with Gasteiger partial charge in [0.15, 0.2) is 0 Å². The van der Waals surface area contributed by atoms with E-state index in [0.29, 0.717) is 0 Å². The molecule has 102 valence electrons. The quantitative estimate of drug-likeness (QED) is 0.710. The van der Waals surface area contributed by atoms with Gasteiger partial charge in [-0.2, -0.15) is 0 Å². The van der Waals surface area contributed by atoms with E-state index < -0.39 is 0 Å². The van der Waals surface area contributed by atoms with Crippen molar-refractivity contribution in [2.24, 2.45) is 0 Å². The zero-order valence-corrected chi connectivity index (χ0v) is 15.2. The maximum absolute atomic E-state index is 3.67. The second kappa shape index (κ2) is 6.08. The third-order valence-corrected chi connectivity index (χ3v) is 5.91. The van der Waals surface area contributed by atoms with Crippen LogP contribution in [0.4, 0.5) is 0 Å².